The monoisotopic (exact) mass is 295 g/mol. The average molecular weight is 295 g/mol. The summed E-state index contributed by atoms with van der Waals surface area (Å²) in [4.78, 5) is 2.83. The number of likely N-dealkylation sites (N-methyl/N-ethyl adjacent to an activating group) is 1. The standard InChI is InChI=1S/C17H29NOS/c1-5-18-16(15-8-7-14(4)20-15)17(19-6-2)11-9-13(3)10-12-17/h7-8,13,16,18H,5-6,9-12H2,1-4H3. The highest BCUT2D eigenvalue weighted by Gasteiger charge is 2.43. The Morgan fingerprint density at radius 3 is 2.55 bits per heavy atom. The van der Waals surface area contributed by atoms with Crippen LogP contribution in [0.3, 0.4) is 0 Å². The number of thiophene rings is 1. The normalized spacial score (nSPS) is 28.5. The zero-order chi connectivity index (χ0) is 14.6. The van der Waals surface area contributed by atoms with Gasteiger partial charge in [0.05, 0.1) is 11.6 Å². The van der Waals surface area contributed by atoms with E-state index in [-0.39, 0.29) is 5.60 Å². The molecule has 2 nitrogen and oxygen atoms in total. The van der Waals surface area contributed by atoms with Gasteiger partial charge in [0, 0.05) is 16.4 Å². The molecule has 1 aliphatic rings. The number of hydrogen-bond donors (Lipinski definition) is 1. The molecule has 1 unspecified atom stereocenters. The number of rotatable bonds is 6. The summed E-state index contributed by atoms with van der Waals surface area (Å²) in [6.45, 7) is 10.7. The third kappa shape index (κ3) is 3.44. The molecule has 1 N–H and O–H groups in total. The van der Waals surface area contributed by atoms with Crippen LogP contribution in [0.2, 0.25) is 0 Å². The van der Waals surface area contributed by atoms with Crippen LogP contribution in [0.15, 0.2) is 12.1 Å². The highest BCUT2D eigenvalue weighted by molar-refractivity contribution is 7.12. The molecule has 0 amide bonds. The van der Waals surface area contributed by atoms with Crippen molar-refractivity contribution in [2.24, 2.45) is 5.92 Å². The van der Waals surface area contributed by atoms with Crippen LogP contribution in [-0.4, -0.2) is 18.8 Å². The molecule has 2 rings (SSSR count). The SMILES string of the molecule is CCNC(c1ccc(C)s1)C1(OCC)CCC(C)CC1. The minimum absolute atomic E-state index is 0.00539. The molecule has 1 aliphatic carbocycles. The molecule has 1 atom stereocenters. The van der Waals surface area contributed by atoms with Crippen LogP contribution >= 0.6 is 11.3 Å². The highest BCUT2D eigenvalue weighted by Crippen LogP contribution is 2.44. The van der Waals surface area contributed by atoms with Crippen molar-refractivity contribution in [3.8, 4) is 0 Å². The van der Waals surface area contributed by atoms with Gasteiger partial charge >= 0.3 is 0 Å². The van der Waals surface area contributed by atoms with Gasteiger partial charge < -0.3 is 10.1 Å². The van der Waals surface area contributed by atoms with Crippen molar-refractivity contribution in [2.75, 3.05) is 13.2 Å². The number of aryl methyl sites for hydroxylation is 1. The zero-order valence-corrected chi connectivity index (χ0v) is 14.2. The number of ether oxygens (including phenoxy) is 1. The maximum Gasteiger partial charge on any atom is 0.0884 e. The third-order valence-corrected chi connectivity index (χ3v) is 5.60. The first-order chi connectivity index (χ1) is 9.61. The van der Waals surface area contributed by atoms with E-state index in [1.54, 1.807) is 0 Å². The molecule has 0 spiro atoms. The van der Waals surface area contributed by atoms with Crippen molar-refractivity contribution in [1.29, 1.82) is 0 Å². The molecule has 3 heteroatoms. The summed E-state index contributed by atoms with van der Waals surface area (Å²) in [5.41, 5.74) is -0.00539. The molecule has 114 valence electrons. The molecule has 0 aromatic carbocycles. The topological polar surface area (TPSA) is 21.3 Å². The predicted molar refractivity (Wildman–Crippen MR) is 87.5 cm³/mol. The molecule has 0 radical (unpaired) electrons. The molecule has 0 bridgehead atoms. The Labute approximate surface area is 127 Å². The molecule has 0 aliphatic heterocycles. The zero-order valence-electron chi connectivity index (χ0n) is 13.4. The first-order valence-electron chi connectivity index (χ1n) is 8.05. The molecule has 1 saturated carbocycles. The van der Waals surface area contributed by atoms with Crippen LogP contribution in [0.4, 0.5) is 0 Å². The fourth-order valence-corrected chi connectivity index (χ4v) is 4.47. The van der Waals surface area contributed by atoms with Gasteiger partial charge in [-0.25, -0.2) is 0 Å². The number of nitrogens with one attached hydrogen (secondary N) is 1. The molecule has 0 saturated heterocycles. The van der Waals surface area contributed by atoms with Crippen LogP contribution in [-0.2, 0) is 4.74 Å². The van der Waals surface area contributed by atoms with Gasteiger partial charge in [0.25, 0.3) is 0 Å². The Morgan fingerprint density at radius 1 is 1.35 bits per heavy atom. The smallest absolute Gasteiger partial charge is 0.0884 e. The van der Waals surface area contributed by atoms with Crippen molar-refractivity contribution < 1.29 is 4.74 Å². The quantitative estimate of drug-likeness (QED) is 0.822. The summed E-state index contributed by atoms with van der Waals surface area (Å²) < 4.78 is 6.34. The fraction of sp³-hybridized carbons (Fsp3) is 0.765. The second kappa shape index (κ2) is 7.06. The maximum atomic E-state index is 6.34. The molecule has 1 heterocycles. The third-order valence-electron chi connectivity index (χ3n) is 4.53. The summed E-state index contributed by atoms with van der Waals surface area (Å²) in [5, 5.41) is 3.71. The van der Waals surface area contributed by atoms with Crippen LogP contribution in [0, 0.1) is 12.8 Å². The maximum absolute atomic E-state index is 6.34. The van der Waals surface area contributed by atoms with E-state index in [1.165, 1.54) is 35.4 Å². The minimum Gasteiger partial charge on any atom is -0.373 e. The van der Waals surface area contributed by atoms with Gasteiger partial charge in [0.15, 0.2) is 0 Å². The second-order valence-electron chi connectivity index (χ2n) is 6.12. The molecule has 1 fully saturated rings. The van der Waals surface area contributed by atoms with E-state index in [0.29, 0.717) is 6.04 Å². The molecule has 20 heavy (non-hydrogen) atoms. The van der Waals surface area contributed by atoms with Gasteiger partial charge in [-0.2, -0.15) is 0 Å². The Balaban J connectivity index is 2.27. The molecular formula is C17H29NOS. The Morgan fingerprint density at radius 2 is 2.05 bits per heavy atom. The van der Waals surface area contributed by atoms with Gasteiger partial charge in [-0.15, -0.1) is 11.3 Å². The first kappa shape index (κ1) is 16.0. The van der Waals surface area contributed by atoms with Gasteiger partial charge in [-0.3, -0.25) is 0 Å². The summed E-state index contributed by atoms with van der Waals surface area (Å²) in [6.07, 6.45) is 4.92. The molecule has 1 aromatic rings. The summed E-state index contributed by atoms with van der Waals surface area (Å²) in [6, 6.07) is 4.86. The first-order valence-corrected chi connectivity index (χ1v) is 8.86. The van der Waals surface area contributed by atoms with Gasteiger partial charge in [-0.1, -0.05) is 13.8 Å². The van der Waals surface area contributed by atoms with E-state index < -0.39 is 0 Å². The Hall–Kier alpha value is -0.380. The Bertz CT molecular complexity index is 407. The lowest BCUT2D eigenvalue weighted by Gasteiger charge is -2.44. The van der Waals surface area contributed by atoms with E-state index in [0.717, 1.165) is 19.1 Å². The lowest BCUT2D eigenvalue weighted by molar-refractivity contribution is -0.0966. The predicted octanol–water partition coefficient (Wildman–Crippen LogP) is 4.69. The summed E-state index contributed by atoms with van der Waals surface area (Å²) in [5.74, 6) is 0.843. The number of hydrogen-bond acceptors (Lipinski definition) is 3. The van der Waals surface area contributed by atoms with Crippen LogP contribution in [0.25, 0.3) is 0 Å². The molecular weight excluding hydrogens is 266 g/mol. The average Bonchev–Trinajstić information content (AvgIpc) is 2.85. The van der Waals surface area contributed by atoms with E-state index in [1.807, 2.05) is 11.3 Å². The van der Waals surface area contributed by atoms with Crippen molar-refractivity contribution in [3.05, 3.63) is 21.9 Å². The van der Waals surface area contributed by atoms with Crippen molar-refractivity contribution in [2.45, 2.75) is 65.0 Å². The Kier molecular flexibility index (Phi) is 5.65. The van der Waals surface area contributed by atoms with Crippen LogP contribution in [0.1, 0.15) is 62.3 Å². The van der Waals surface area contributed by atoms with E-state index in [2.05, 4.69) is 45.1 Å². The van der Waals surface area contributed by atoms with Gasteiger partial charge in [-0.05, 0) is 64.1 Å². The van der Waals surface area contributed by atoms with Crippen LogP contribution in [0.5, 0.6) is 0 Å². The van der Waals surface area contributed by atoms with Crippen molar-refractivity contribution in [1.82, 2.24) is 5.32 Å². The van der Waals surface area contributed by atoms with E-state index in [9.17, 15) is 0 Å². The highest BCUT2D eigenvalue weighted by atomic mass is 32.1. The van der Waals surface area contributed by atoms with Crippen molar-refractivity contribution in [3.63, 3.8) is 0 Å². The lowest BCUT2D eigenvalue weighted by Crippen LogP contribution is -2.48. The molecule has 1 aromatic heterocycles. The van der Waals surface area contributed by atoms with Gasteiger partial charge in [0.2, 0.25) is 0 Å². The van der Waals surface area contributed by atoms with E-state index >= 15 is 0 Å². The van der Waals surface area contributed by atoms with Crippen LogP contribution < -0.4 is 5.32 Å². The summed E-state index contributed by atoms with van der Waals surface area (Å²) in [7, 11) is 0. The minimum atomic E-state index is -0.00539. The fourth-order valence-electron chi connectivity index (χ4n) is 3.41. The van der Waals surface area contributed by atoms with Crippen molar-refractivity contribution >= 4 is 11.3 Å². The lowest BCUT2D eigenvalue weighted by atomic mass is 9.74. The largest absolute Gasteiger partial charge is 0.373 e. The van der Waals surface area contributed by atoms with E-state index in [4.69, 9.17) is 4.74 Å². The van der Waals surface area contributed by atoms with Gasteiger partial charge in [0.1, 0.15) is 0 Å². The summed E-state index contributed by atoms with van der Waals surface area (Å²) >= 11 is 1.91. The second-order valence-corrected chi connectivity index (χ2v) is 7.44.